The van der Waals surface area contributed by atoms with Crippen LogP contribution in [-0.4, -0.2) is 16.5 Å². The van der Waals surface area contributed by atoms with Crippen LogP contribution in [0.25, 0.3) is 0 Å². The molecule has 1 N–H and O–H groups in total. The molecule has 0 aliphatic rings. The fraction of sp³-hybridized carbons (Fsp3) is 0.368. The first-order valence-electron chi connectivity index (χ1n) is 7.69. The van der Waals surface area contributed by atoms with E-state index in [1.807, 2.05) is 0 Å². The molecule has 0 fully saturated rings. The van der Waals surface area contributed by atoms with Gasteiger partial charge in [-0.15, -0.1) is 12.4 Å². The summed E-state index contributed by atoms with van der Waals surface area (Å²) in [5, 5.41) is 4.96. The second-order valence-corrected chi connectivity index (χ2v) is 14.0. The van der Waals surface area contributed by atoms with E-state index < -0.39 is 16.8 Å². The average molecular weight is 386 g/mol. The fourth-order valence-electron chi connectivity index (χ4n) is 3.36. The van der Waals surface area contributed by atoms with Crippen LogP contribution in [0, 0.1) is 0 Å². The first-order chi connectivity index (χ1) is 9.80. The van der Waals surface area contributed by atoms with E-state index in [0.717, 1.165) is 0 Å². The van der Waals surface area contributed by atoms with Gasteiger partial charge in [-0.3, -0.25) is 0 Å². The van der Waals surface area contributed by atoms with Crippen molar-refractivity contribution in [3.05, 3.63) is 71.8 Å². The first kappa shape index (κ1) is 22.6. The molecule has 0 saturated carbocycles. The van der Waals surface area contributed by atoms with Gasteiger partial charge in [-0.05, 0) is 11.0 Å². The molecule has 0 aromatic heterocycles. The normalized spacial score (nSPS) is 11.6. The first-order valence-corrected chi connectivity index (χ1v) is 12.5. The minimum Gasteiger partial charge on any atom is -0.147 e. The second kappa shape index (κ2) is 9.19. The number of hydrogen-bond donors (Lipinski definition) is 1. The van der Waals surface area contributed by atoms with Crippen molar-refractivity contribution >= 4 is 23.4 Å². The Balaban J connectivity index is 0.00000242. The zero-order chi connectivity index (χ0) is 15.5. The van der Waals surface area contributed by atoms with E-state index in [1.165, 1.54) is 11.1 Å². The van der Waals surface area contributed by atoms with Crippen LogP contribution in [0.4, 0.5) is 0 Å². The molecule has 0 heterocycles. The minimum absolute atomic E-state index is 0. The van der Waals surface area contributed by atoms with Gasteiger partial charge in [0, 0.05) is 0 Å². The molecule has 0 unspecified atom stereocenters. The van der Waals surface area contributed by atoms with E-state index in [-0.39, 0.29) is 28.9 Å². The zero-order valence-corrected chi connectivity index (χ0v) is 16.6. The topological polar surface area (TPSA) is 12.0 Å². The molecule has 0 saturated heterocycles. The zero-order valence-electron chi connectivity index (χ0n) is 14.3. The van der Waals surface area contributed by atoms with Crippen LogP contribution in [-0.2, 0) is 16.8 Å². The van der Waals surface area contributed by atoms with Crippen molar-refractivity contribution in [1.82, 2.24) is 3.80 Å². The molecule has 0 aliphatic carbocycles. The monoisotopic (exact) mass is 385 g/mol. The maximum absolute atomic E-state index is 3.98. The van der Waals surface area contributed by atoms with Crippen LogP contribution < -0.4 is 3.80 Å². The van der Waals surface area contributed by atoms with Crippen LogP contribution in [0.5, 0.6) is 0 Å². The van der Waals surface area contributed by atoms with Crippen LogP contribution in [0.3, 0.4) is 0 Å². The van der Waals surface area contributed by atoms with Gasteiger partial charge >= 0.3 is 133 Å². The van der Waals surface area contributed by atoms with Crippen LogP contribution >= 0.6 is 12.4 Å². The molecule has 2 aromatic carbocycles. The van der Waals surface area contributed by atoms with Gasteiger partial charge in [0.25, 0.3) is 0 Å². The molecule has 4 heteroatoms. The van der Waals surface area contributed by atoms with E-state index in [2.05, 4.69) is 95.7 Å². The Labute approximate surface area is 156 Å². The molecule has 1 nitrogen and oxygen atoms in total. The van der Waals surface area contributed by atoms with Gasteiger partial charge in [-0.1, -0.05) is 0 Å². The van der Waals surface area contributed by atoms with Gasteiger partial charge < -0.3 is 0 Å². The standard InChI is InChI=1S/C13H11.C4H10N.2CH3.ClH.H4Si.Ti/c1-3-7-12(8-4-1)11-13-9-5-2-6-10-13;1-4(2,3)5;;;;;/h1-11H;5H,1-3H3;2*1H3;1H;1H4;/q;-1;;;;;+1. The summed E-state index contributed by atoms with van der Waals surface area (Å²) in [5.74, 6) is 0. The molecular formula is C19H32ClNSiTi. The third-order valence-corrected chi connectivity index (χ3v) is 9.16. The summed E-state index contributed by atoms with van der Waals surface area (Å²) in [5.41, 5.74) is 3.03. The third-order valence-electron chi connectivity index (χ3n) is 3.68. The summed E-state index contributed by atoms with van der Waals surface area (Å²) in [7, 11) is 0. The largest absolute Gasteiger partial charge is 0.147 e. The molecule has 0 bridgehead atoms. The van der Waals surface area contributed by atoms with Crippen molar-refractivity contribution in [3.8, 4) is 0 Å². The van der Waals surface area contributed by atoms with Crippen molar-refractivity contribution in [2.24, 2.45) is 0 Å². The summed E-state index contributed by atoms with van der Waals surface area (Å²) < 4.78 is 4.49. The number of rotatable bonds is 4. The predicted molar refractivity (Wildman–Crippen MR) is 108 cm³/mol. The molecule has 23 heavy (non-hydrogen) atoms. The Morgan fingerprint density at radius 3 is 1.43 bits per heavy atom. The molecule has 128 valence electrons. The number of nitrogens with one attached hydrogen (secondary N) is 1. The Morgan fingerprint density at radius 1 is 0.783 bits per heavy atom. The molecule has 2 aromatic rings. The molecule has 0 spiro atoms. The predicted octanol–water partition coefficient (Wildman–Crippen LogP) is 4.30. The molecule has 0 aliphatic heterocycles. The summed E-state index contributed by atoms with van der Waals surface area (Å²) in [6.45, 7) is 6.81. The van der Waals surface area contributed by atoms with Gasteiger partial charge in [0.2, 0.25) is 0 Å². The smallest absolute Gasteiger partial charge is 0.0149 e. The van der Waals surface area contributed by atoms with Crippen molar-refractivity contribution < 1.29 is 16.8 Å². The van der Waals surface area contributed by atoms with E-state index in [9.17, 15) is 0 Å². The average Bonchev–Trinajstić information content (AvgIpc) is 2.38. The Morgan fingerprint density at radius 2 is 1.13 bits per heavy atom. The molecule has 0 amide bonds. The minimum atomic E-state index is -2.28. The summed E-state index contributed by atoms with van der Waals surface area (Å²) in [6.07, 6.45) is 0. The van der Waals surface area contributed by atoms with Crippen molar-refractivity contribution in [1.29, 1.82) is 0 Å². The van der Waals surface area contributed by atoms with Crippen molar-refractivity contribution in [3.63, 3.8) is 0 Å². The molecular weight excluding hydrogens is 354 g/mol. The number of benzene rings is 2. The van der Waals surface area contributed by atoms with Crippen LogP contribution in [0.2, 0.25) is 10.5 Å². The quantitative estimate of drug-likeness (QED) is 0.774. The third kappa shape index (κ3) is 6.56. The van der Waals surface area contributed by atoms with E-state index >= 15 is 0 Å². The van der Waals surface area contributed by atoms with Crippen LogP contribution in [0.1, 0.15) is 36.1 Å². The van der Waals surface area contributed by atoms with Gasteiger partial charge in [0.05, 0.1) is 0 Å². The Kier molecular flexibility index (Phi) is 9.04. The fourth-order valence-corrected chi connectivity index (χ4v) is 9.80. The maximum atomic E-state index is 3.98. The summed E-state index contributed by atoms with van der Waals surface area (Å²) in [4.78, 5) is 0. The number of halogens is 1. The van der Waals surface area contributed by atoms with Crippen molar-refractivity contribution in [2.45, 2.75) is 41.0 Å². The SMILES string of the molecule is CC(C)(C)[NH][Ti]([CH3])([CH3])[CH](c1ccccc1)c1ccccc1.Cl.[SiH4]. The van der Waals surface area contributed by atoms with Gasteiger partial charge in [-0.25, -0.2) is 0 Å². The summed E-state index contributed by atoms with van der Waals surface area (Å²) in [6, 6.07) is 21.9. The van der Waals surface area contributed by atoms with Gasteiger partial charge in [0.15, 0.2) is 0 Å². The Bertz CT molecular complexity index is 527. The Hall–Kier alpha value is -0.379. The van der Waals surface area contributed by atoms with Crippen LogP contribution in [0.15, 0.2) is 60.7 Å². The summed E-state index contributed by atoms with van der Waals surface area (Å²) >= 11 is -2.28. The molecule has 0 radical (unpaired) electrons. The van der Waals surface area contributed by atoms with Gasteiger partial charge in [-0.2, -0.15) is 0 Å². The molecule has 0 atom stereocenters. The van der Waals surface area contributed by atoms with Gasteiger partial charge in [0.1, 0.15) is 0 Å². The number of hydrogen-bond acceptors (Lipinski definition) is 1. The second-order valence-electron chi connectivity index (χ2n) is 7.35. The van der Waals surface area contributed by atoms with Crippen molar-refractivity contribution in [2.75, 3.05) is 0 Å². The molecule has 2 rings (SSSR count). The maximum Gasteiger partial charge on any atom is -0.0149 e. The van der Waals surface area contributed by atoms with E-state index in [1.54, 1.807) is 0 Å². The van der Waals surface area contributed by atoms with E-state index in [0.29, 0.717) is 4.22 Å². The van der Waals surface area contributed by atoms with E-state index in [4.69, 9.17) is 0 Å².